The molecule has 6 N–H and O–H groups in total. The number of oxime groups is 1. The number of phenols is 2. The predicted molar refractivity (Wildman–Crippen MR) is 195 cm³/mol. The van der Waals surface area contributed by atoms with Gasteiger partial charge in [0.05, 0.1) is 27.6 Å². The highest BCUT2D eigenvalue weighted by Crippen LogP contribution is 2.48. The SMILES string of the molecule is CC(C)(O/N=C(\C(=O)C[C@@H]1C(=O)N2C(c3nn[nH]n3)=C(C[n+]3cccc4c3CCCN4C(=O)c3ccc(O)c(O)c3Cl)CS[C@H]12)c1csc(N)n1)C(=O)O. The van der Waals surface area contributed by atoms with Gasteiger partial charge in [0.1, 0.15) is 11.4 Å². The standard InChI is InChI=1S/C33H31ClN10O8S2/c1-33(2,31(50)51)52-39-24(18-14-54-32(35)36-18)22(46)11-17-29(49)44-25(27-37-40-41-38-27)15(13-53-30(17)44)12-42-9-3-6-20-19(42)5-4-10-43(20)28(48)16-7-8-21(45)26(47)23(16)34/h3,6-9,14,17,30H,4-5,10-13H2,1-2H3,(H5-,35,36,37,38,39,40,41,45,46,47,48,50,51)/p+1/t17-,30-/m1/s1. The number of aliphatic carboxylic acids is 1. The molecule has 1 aromatic carbocycles. The number of rotatable bonds is 11. The molecule has 0 aliphatic carbocycles. The number of nitrogens with zero attached hydrogens (tertiary/aromatic N) is 8. The molecular weight excluding hydrogens is 764 g/mol. The second-order valence-electron chi connectivity index (χ2n) is 13.1. The Hall–Kier alpha value is -5.60. The molecule has 0 radical (unpaired) electrons. The van der Waals surface area contributed by atoms with Crippen LogP contribution >= 0.6 is 34.7 Å². The lowest BCUT2D eigenvalue weighted by molar-refractivity contribution is -0.695. The third kappa shape index (κ3) is 6.60. The Morgan fingerprint density at radius 3 is 2.74 bits per heavy atom. The zero-order chi connectivity index (χ0) is 38.5. The number of Topliss-reactive ketones (excluding diaryl/α,β-unsaturated/α-hetero) is 1. The zero-order valence-electron chi connectivity index (χ0n) is 28.6. The van der Waals surface area contributed by atoms with Gasteiger partial charge in [0.2, 0.25) is 23.0 Å². The van der Waals surface area contributed by atoms with Gasteiger partial charge >= 0.3 is 5.97 Å². The molecule has 0 unspecified atom stereocenters. The summed E-state index contributed by atoms with van der Waals surface area (Å²) in [6.45, 7) is 3.27. The van der Waals surface area contributed by atoms with Crippen molar-refractivity contribution in [2.45, 2.75) is 50.6 Å². The number of anilines is 2. The molecular formula is C33H32ClN10O8S2+. The number of aromatic hydroxyl groups is 2. The van der Waals surface area contributed by atoms with Crippen LogP contribution in [0, 0.1) is 5.92 Å². The number of tetrazole rings is 1. The fraction of sp³-hybridized carbons (Fsp3) is 0.333. The Balaban J connectivity index is 1.16. The van der Waals surface area contributed by atoms with E-state index >= 15 is 0 Å². The lowest BCUT2D eigenvalue weighted by atomic mass is 9.89. The molecule has 3 aliphatic rings. The highest BCUT2D eigenvalue weighted by Gasteiger charge is 2.54. The van der Waals surface area contributed by atoms with E-state index in [2.05, 4.69) is 30.8 Å². The maximum Gasteiger partial charge on any atom is 0.350 e. The molecule has 0 bridgehead atoms. The summed E-state index contributed by atoms with van der Waals surface area (Å²) in [4.78, 5) is 65.5. The van der Waals surface area contributed by atoms with E-state index in [1.165, 1.54) is 43.1 Å². The van der Waals surface area contributed by atoms with Crippen molar-refractivity contribution in [3.05, 3.63) is 69.2 Å². The van der Waals surface area contributed by atoms with Crippen LogP contribution in [0.1, 0.15) is 54.3 Å². The van der Waals surface area contributed by atoms with E-state index in [4.69, 9.17) is 22.2 Å². The third-order valence-corrected chi connectivity index (χ3v) is 11.7. The fourth-order valence-electron chi connectivity index (χ4n) is 6.39. The summed E-state index contributed by atoms with van der Waals surface area (Å²) in [7, 11) is 0. The van der Waals surface area contributed by atoms with E-state index < -0.39 is 46.1 Å². The van der Waals surface area contributed by atoms with Crippen LogP contribution in [0.4, 0.5) is 10.8 Å². The third-order valence-electron chi connectivity index (χ3n) is 9.21. The number of nitrogens with one attached hydrogen (secondary N) is 1. The van der Waals surface area contributed by atoms with Gasteiger partial charge in [0.15, 0.2) is 40.9 Å². The molecule has 3 aromatic heterocycles. The molecule has 1 saturated heterocycles. The van der Waals surface area contributed by atoms with Crippen LogP contribution in [0.3, 0.4) is 0 Å². The molecule has 54 heavy (non-hydrogen) atoms. The van der Waals surface area contributed by atoms with E-state index in [0.29, 0.717) is 43.1 Å². The highest BCUT2D eigenvalue weighted by atomic mass is 35.5. The van der Waals surface area contributed by atoms with E-state index in [9.17, 15) is 34.5 Å². The average Bonchev–Trinajstić information content (AvgIpc) is 3.85. The Morgan fingerprint density at radius 1 is 1.24 bits per heavy atom. The average molecular weight is 796 g/mol. The van der Waals surface area contributed by atoms with Gasteiger partial charge in [-0.3, -0.25) is 19.3 Å². The summed E-state index contributed by atoms with van der Waals surface area (Å²) in [6.07, 6.45) is 2.89. The Labute approximate surface area is 319 Å². The number of H-pyrrole nitrogens is 1. The number of hydrogen-bond donors (Lipinski definition) is 5. The van der Waals surface area contributed by atoms with Crippen LogP contribution in [0.25, 0.3) is 5.70 Å². The number of carbonyl (C=O) groups excluding carboxylic acids is 3. The van der Waals surface area contributed by atoms with E-state index in [1.54, 1.807) is 15.9 Å². The molecule has 1 fully saturated rings. The van der Waals surface area contributed by atoms with Crippen molar-refractivity contribution in [3.8, 4) is 11.5 Å². The van der Waals surface area contributed by atoms with Gasteiger partial charge in [0.25, 0.3) is 5.91 Å². The quantitative estimate of drug-likeness (QED) is 0.0481. The molecule has 0 spiro atoms. The number of carbonyl (C=O) groups is 4. The van der Waals surface area contributed by atoms with Gasteiger partial charge in [-0.05, 0) is 43.7 Å². The predicted octanol–water partition coefficient (Wildman–Crippen LogP) is 2.37. The van der Waals surface area contributed by atoms with Crippen LogP contribution in [-0.2, 0) is 32.2 Å². The Bertz CT molecular complexity index is 2260. The van der Waals surface area contributed by atoms with Gasteiger partial charge in [0, 0.05) is 42.2 Å². The lowest BCUT2D eigenvalue weighted by Crippen LogP contribution is -2.61. The minimum atomic E-state index is -1.75. The monoisotopic (exact) mass is 795 g/mol. The fourth-order valence-corrected chi connectivity index (χ4v) is 8.58. The molecule has 18 nitrogen and oxygen atoms in total. The second kappa shape index (κ2) is 14.3. The molecule has 21 heteroatoms. The van der Waals surface area contributed by atoms with E-state index in [1.807, 2.05) is 16.8 Å². The molecule has 0 saturated carbocycles. The number of β-lactam (4-membered cyclic amide) rings is 1. The number of nitrogen functional groups attached to an aromatic ring is 1. The van der Waals surface area contributed by atoms with Crippen molar-refractivity contribution < 1.29 is 43.9 Å². The summed E-state index contributed by atoms with van der Waals surface area (Å²) in [5, 5.41) is 48.9. The Morgan fingerprint density at radius 2 is 2.04 bits per heavy atom. The van der Waals surface area contributed by atoms with Gasteiger partial charge in [-0.15, -0.1) is 33.3 Å². The number of thioether (sulfide) groups is 1. The largest absolute Gasteiger partial charge is 0.504 e. The molecule has 2 atom stereocenters. The topological polar surface area (TPSA) is 254 Å². The zero-order valence-corrected chi connectivity index (χ0v) is 31.0. The van der Waals surface area contributed by atoms with E-state index in [-0.39, 0.29) is 45.3 Å². The van der Waals surface area contributed by atoms with Crippen LogP contribution in [0.15, 0.2) is 46.6 Å². The number of halogens is 1. The maximum absolute atomic E-state index is 13.9. The van der Waals surface area contributed by atoms with Gasteiger partial charge in [-0.1, -0.05) is 16.8 Å². The molecule has 280 valence electrons. The summed E-state index contributed by atoms with van der Waals surface area (Å²) in [6, 6.07) is 6.21. The van der Waals surface area contributed by atoms with Crippen molar-refractivity contribution in [3.63, 3.8) is 0 Å². The number of phenolic OH excluding ortho intramolecular Hbond substituents is 2. The van der Waals surface area contributed by atoms with Crippen LogP contribution in [0.2, 0.25) is 5.02 Å². The van der Waals surface area contributed by atoms with Gasteiger partial charge < -0.3 is 30.8 Å². The van der Waals surface area contributed by atoms with Gasteiger partial charge in [-0.2, -0.15) is 9.78 Å². The number of benzene rings is 1. The summed E-state index contributed by atoms with van der Waals surface area (Å²) >= 11 is 8.78. The number of aromatic nitrogens is 6. The number of aromatic amines is 1. The molecule has 4 aromatic rings. The number of fused-ring (bicyclic) bond motifs is 2. The van der Waals surface area contributed by atoms with Crippen LogP contribution in [-0.4, -0.2) is 98.4 Å². The van der Waals surface area contributed by atoms with E-state index in [0.717, 1.165) is 22.6 Å². The first kappa shape index (κ1) is 36.7. The summed E-state index contributed by atoms with van der Waals surface area (Å²) in [5.74, 6) is -3.80. The van der Waals surface area contributed by atoms with Crippen LogP contribution < -0.4 is 15.2 Å². The number of amides is 2. The minimum Gasteiger partial charge on any atom is -0.504 e. The number of hydrogen-bond acceptors (Lipinski definition) is 15. The maximum atomic E-state index is 13.9. The smallest absolute Gasteiger partial charge is 0.350 e. The highest BCUT2D eigenvalue weighted by molar-refractivity contribution is 8.00. The number of carboxylic acid groups (broad SMARTS) is 1. The van der Waals surface area contributed by atoms with Crippen molar-refractivity contribution >= 4 is 80.5 Å². The first-order chi connectivity index (χ1) is 25.8. The van der Waals surface area contributed by atoms with Crippen molar-refractivity contribution in [2.75, 3.05) is 22.9 Å². The van der Waals surface area contributed by atoms with Crippen molar-refractivity contribution in [2.24, 2.45) is 11.1 Å². The first-order valence-corrected chi connectivity index (χ1v) is 18.8. The summed E-state index contributed by atoms with van der Waals surface area (Å²) < 4.78 is 1.99. The first-order valence-electron chi connectivity index (χ1n) is 16.4. The number of carboxylic acids is 1. The number of nitrogens with two attached hydrogens (primary N) is 1. The molecule has 2 amide bonds. The number of thiazole rings is 1. The second-order valence-corrected chi connectivity index (χ2v) is 15.4. The normalized spacial score (nSPS) is 18.6. The minimum absolute atomic E-state index is 0.0436. The molecule has 3 aliphatic heterocycles. The lowest BCUT2D eigenvalue weighted by Gasteiger charge is -2.49. The molecule has 6 heterocycles. The van der Waals surface area contributed by atoms with Gasteiger partial charge in [-0.25, -0.2) is 9.78 Å². The molecule has 7 rings (SSSR count). The summed E-state index contributed by atoms with van der Waals surface area (Å²) in [5.41, 5.74) is 6.70. The number of pyridine rings is 1. The van der Waals surface area contributed by atoms with Crippen LogP contribution in [0.5, 0.6) is 11.5 Å². The van der Waals surface area contributed by atoms with Crippen molar-refractivity contribution in [1.29, 1.82) is 0 Å². The number of ketones is 1. The van der Waals surface area contributed by atoms with Crippen molar-refractivity contribution in [1.82, 2.24) is 30.5 Å². The Kier molecular flexibility index (Phi) is 9.75.